The smallest absolute Gasteiger partial charge is 0.347 e. The highest BCUT2D eigenvalue weighted by atomic mass is 16.6. The summed E-state index contributed by atoms with van der Waals surface area (Å²) < 4.78 is 10.1. The van der Waals surface area contributed by atoms with Gasteiger partial charge in [-0.25, -0.2) is 4.79 Å². The first kappa shape index (κ1) is 16.0. The molecule has 20 heavy (non-hydrogen) atoms. The monoisotopic (exact) mass is 279 g/mol. The summed E-state index contributed by atoms with van der Waals surface area (Å²) in [5, 5.41) is 0. The molecule has 0 bridgehead atoms. The fourth-order valence-electron chi connectivity index (χ4n) is 1.74. The fourth-order valence-corrected chi connectivity index (χ4v) is 1.74. The summed E-state index contributed by atoms with van der Waals surface area (Å²) in [6.45, 7) is 5.45. The molecular formula is C15H21NO4. The molecule has 0 heterocycles. The summed E-state index contributed by atoms with van der Waals surface area (Å²) in [6.07, 6.45) is -0.472. The number of hydrogen-bond donors (Lipinski definition) is 1. The molecular weight excluding hydrogens is 258 g/mol. The zero-order valence-corrected chi connectivity index (χ0v) is 12.1. The van der Waals surface area contributed by atoms with Gasteiger partial charge in [0.1, 0.15) is 0 Å². The Balaban J connectivity index is 2.71. The maximum absolute atomic E-state index is 12.1. The van der Waals surface area contributed by atoms with Gasteiger partial charge in [0.25, 0.3) is 0 Å². The highest BCUT2D eigenvalue weighted by molar-refractivity contribution is 5.83. The van der Waals surface area contributed by atoms with E-state index in [0.717, 1.165) is 5.56 Å². The van der Waals surface area contributed by atoms with Gasteiger partial charge >= 0.3 is 11.9 Å². The number of esters is 2. The number of rotatable bonds is 6. The van der Waals surface area contributed by atoms with Crippen molar-refractivity contribution in [2.45, 2.75) is 39.2 Å². The van der Waals surface area contributed by atoms with Crippen LogP contribution in [-0.4, -0.2) is 24.6 Å². The Kier molecular flexibility index (Phi) is 6.03. The van der Waals surface area contributed by atoms with Crippen molar-refractivity contribution in [2.75, 3.05) is 12.3 Å². The lowest BCUT2D eigenvalue weighted by Crippen LogP contribution is -2.30. The molecule has 0 saturated heterocycles. The van der Waals surface area contributed by atoms with Crippen molar-refractivity contribution in [1.29, 1.82) is 0 Å². The second-order valence-electron chi connectivity index (χ2n) is 4.48. The van der Waals surface area contributed by atoms with E-state index >= 15 is 0 Å². The Bertz CT molecular complexity index is 473. The standard InChI is InChI=1S/C15H21NO4/c1-4-13(15(18)19-5-2)20-14(17)10(3)11-7-6-8-12(16)9-11/h6-10,13H,4-5,16H2,1-3H3. The van der Waals surface area contributed by atoms with Crippen molar-refractivity contribution < 1.29 is 19.1 Å². The van der Waals surface area contributed by atoms with Gasteiger partial charge in [0, 0.05) is 5.69 Å². The van der Waals surface area contributed by atoms with Gasteiger partial charge in [-0.15, -0.1) is 0 Å². The molecule has 1 rings (SSSR count). The molecule has 5 heteroatoms. The maximum atomic E-state index is 12.1. The summed E-state index contributed by atoms with van der Waals surface area (Å²) in [4.78, 5) is 23.7. The molecule has 110 valence electrons. The van der Waals surface area contributed by atoms with Crippen LogP contribution >= 0.6 is 0 Å². The van der Waals surface area contributed by atoms with Crippen LogP contribution in [0.15, 0.2) is 24.3 Å². The maximum Gasteiger partial charge on any atom is 0.347 e. The molecule has 0 spiro atoms. The Morgan fingerprint density at radius 3 is 2.50 bits per heavy atom. The van der Waals surface area contributed by atoms with Crippen LogP contribution < -0.4 is 5.73 Å². The Morgan fingerprint density at radius 2 is 1.95 bits per heavy atom. The molecule has 0 fully saturated rings. The molecule has 0 amide bonds. The van der Waals surface area contributed by atoms with Crippen LogP contribution in [0.2, 0.25) is 0 Å². The quantitative estimate of drug-likeness (QED) is 0.638. The highest BCUT2D eigenvalue weighted by Crippen LogP contribution is 2.20. The molecule has 5 nitrogen and oxygen atoms in total. The Hall–Kier alpha value is -2.04. The number of nitrogens with two attached hydrogens (primary N) is 1. The third kappa shape index (κ3) is 4.26. The summed E-state index contributed by atoms with van der Waals surface area (Å²) in [6, 6.07) is 7.04. The molecule has 0 aliphatic carbocycles. The van der Waals surface area contributed by atoms with Crippen LogP contribution in [-0.2, 0) is 19.1 Å². The van der Waals surface area contributed by atoms with Crippen molar-refractivity contribution in [1.82, 2.24) is 0 Å². The molecule has 2 N–H and O–H groups in total. The number of carbonyl (C=O) groups excluding carboxylic acids is 2. The van der Waals surface area contributed by atoms with Crippen LogP contribution in [0.1, 0.15) is 38.7 Å². The highest BCUT2D eigenvalue weighted by Gasteiger charge is 2.26. The van der Waals surface area contributed by atoms with E-state index in [2.05, 4.69) is 0 Å². The lowest BCUT2D eigenvalue weighted by molar-refractivity contribution is -0.168. The first-order valence-corrected chi connectivity index (χ1v) is 6.72. The average Bonchev–Trinajstić information content (AvgIpc) is 2.43. The number of benzene rings is 1. The van der Waals surface area contributed by atoms with Crippen molar-refractivity contribution >= 4 is 17.6 Å². The second-order valence-corrected chi connectivity index (χ2v) is 4.48. The minimum absolute atomic E-state index is 0.262. The van der Waals surface area contributed by atoms with E-state index in [4.69, 9.17) is 15.2 Å². The minimum atomic E-state index is -0.856. The molecule has 2 atom stereocenters. The number of hydrogen-bond acceptors (Lipinski definition) is 5. The number of ether oxygens (including phenoxy) is 2. The lowest BCUT2D eigenvalue weighted by atomic mass is 10.0. The zero-order valence-electron chi connectivity index (χ0n) is 12.1. The second kappa shape index (κ2) is 7.53. The summed E-state index contributed by atoms with van der Waals surface area (Å²) in [5.41, 5.74) is 7.03. The number of anilines is 1. The fraction of sp³-hybridized carbons (Fsp3) is 0.467. The molecule has 0 aliphatic rings. The van der Waals surface area contributed by atoms with Gasteiger partial charge in [-0.3, -0.25) is 4.79 Å². The largest absolute Gasteiger partial charge is 0.463 e. The van der Waals surface area contributed by atoms with Gasteiger partial charge in [0.05, 0.1) is 12.5 Å². The molecule has 0 aromatic heterocycles. The van der Waals surface area contributed by atoms with E-state index in [1.165, 1.54) is 0 Å². The first-order chi connectivity index (χ1) is 9.49. The Morgan fingerprint density at radius 1 is 1.25 bits per heavy atom. The van der Waals surface area contributed by atoms with Gasteiger partial charge in [-0.05, 0) is 38.0 Å². The van der Waals surface area contributed by atoms with E-state index in [1.807, 2.05) is 0 Å². The Labute approximate surface area is 119 Å². The third-order valence-electron chi connectivity index (χ3n) is 2.94. The van der Waals surface area contributed by atoms with E-state index in [0.29, 0.717) is 12.1 Å². The summed E-state index contributed by atoms with van der Waals surface area (Å²) >= 11 is 0. The van der Waals surface area contributed by atoms with Crippen molar-refractivity contribution in [3.63, 3.8) is 0 Å². The van der Waals surface area contributed by atoms with Gasteiger partial charge in [0.2, 0.25) is 0 Å². The predicted molar refractivity (Wildman–Crippen MR) is 76.1 cm³/mol. The topological polar surface area (TPSA) is 78.6 Å². The van der Waals surface area contributed by atoms with E-state index in [9.17, 15) is 9.59 Å². The lowest BCUT2D eigenvalue weighted by Gasteiger charge is -2.18. The molecule has 1 aromatic rings. The van der Waals surface area contributed by atoms with E-state index in [-0.39, 0.29) is 6.61 Å². The first-order valence-electron chi connectivity index (χ1n) is 6.72. The normalized spacial score (nSPS) is 13.3. The van der Waals surface area contributed by atoms with Crippen molar-refractivity contribution in [3.8, 4) is 0 Å². The minimum Gasteiger partial charge on any atom is -0.463 e. The zero-order chi connectivity index (χ0) is 15.1. The predicted octanol–water partition coefficient (Wildman–Crippen LogP) is 2.26. The number of nitrogen functional groups attached to an aromatic ring is 1. The van der Waals surface area contributed by atoms with Crippen LogP contribution in [0.25, 0.3) is 0 Å². The summed E-state index contributed by atoms with van der Waals surface area (Å²) in [7, 11) is 0. The molecule has 1 aromatic carbocycles. The summed E-state index contributed by atoms with van der Waals surface area (Å²) in [5.74, 6) is -1.46. The van der Waals surface area contributed by atoms with E-state index in [1.54, 1.807) is 45.0 Å². The SMILES string of the molecule is CCOC(=O)C(CC)OC(=O)C(C)c1cccc(N)c1. The van der Waals surface area contributed by atoms with Gasteiger partial charge in [0.15, 0.2) is 6.10 Å². The van der Waals surface area contributed by atoms with Crippen LogP contribution in [0.3, 0.4) is 0 Å². The van der Waals surface area contributed by atoms with Crippen LogP contribution in [0, 0.1) is 0 Å². The molecule has 0 saturated carbocycles. The molecule has 0 radical (unpaired) electrons. The van der Waals surface area contributed by atoms with Crippen LogP contribution in [0.4, 0.5) is 5.69 Å². The van der Waals surface area contributed by atoms with Gasteiger partial charge in [-0.1, -0.05) is 19.1 Å². The van der Waals surface area contributed by atoms with Crippen molar-refractivity contribution in [3.05, 3.63) is 29.8 Å². The van der Waals surface area contributed by atoms with Crippen LogP contribution in [0.5, 0.6) is 0 Å². The molecule has 0 aliphatic heterocycles. The third-order valence-corrected chi connectivity index (χ3v) is 2.94. The van der Waals surface area contributed by atoms with E-state index < -0.39 is 24.0 Å². The average molecular weight is 279 g/mol. The van der Waals surface area contributed by atoms with Gasteiger partial charge < -0.3 is 15.2 Å². The van der Waals surface area contributed by atoms with Crippen molar-refractivity contribution in [2.24, 2.45) is 0 Å². The molecule has 2 unspecified atom stereocenters. The van der Waals surface area contributed by atoms with Gasteiger partial charge in [-0.2, -0.15) is 0 Å². The number of carbonyl (C=O) groups is 2.